The lowest BCUT2D eigenvalue weighted by Crippen LogP contribution is -2.35. The fourth-order valence-corrected chi connectivity index (χ4v) is 3.02. The van der Waals surface area contributed by atoms with E-state index < -0.39 is 0 Å². The number of hydrogen-bond donors (Lipinski definition) is 1. The van der Waals surface area contributed by atoms with Crippen molar-refractivity contribution in [3.8, 4) is 0 Å². The summed E-state index contributed by atoms with van der Waals surface area (Å²) < 4.78 is 6.07. The second-order valence-electron chi connectivity index (χ2n) is 5.87. The van der Waals surface area contributed by atoms with Gasteiger partial charge in [0.15, 0.2) is 0 Å². The van der Waals surface area contributed by atoms with Gasteiger partial charge in [-0.3, -0.25) is 4.90 Å². The highest BCUT2D eigenvalue weighted by Gasteiger charge is 2.38. The van der Waals surface area contributed by atoms with Crippen molar-refractivity contribution in [2.45, 2.75) is 51.1 Å². The second kappa shape index (κ2) is 4.71. The van der Waals surface area contributed by atoms with Crippen molar-refractivity contribution >= 4 is 0 Å². The van der Waals surface area contributed by atoms with Crippen LogP contribution in [0.2, 0.25) is 0 Å². The van der Waals surface area contributed by atoms with Crippen LogP contribution in [0.5, 0.6) is 0 Å². The molecule has 3 nitrogen and oxygen atoms in total. The van der Waals surface area contributed by atoms with Gasteiger partial charge in [-0.2, -0.15) is 0 Å². The molecule has 0 aliphatic heterocycles. The van der Waals surface area contributed by atoms with Crippen molar-refractivity contribution in [2.75, 3.05) is 13.1 Å². The first-order valence-electron chi connectivity index (χ1n) is 7.30. The standard InChI is InChI=1S/C15H24N2O/c1-3-17(11-4-5-11)13(9-16)15-7-6-14(18-15)12-8-10(12)2/h6-7,10-13H,3-5,8-9,16H2,1-2H3. The minimum absolute atomic E-state index is 0.269. The Kier molecular flexibility index (Phi) is 3.20. The van der Waals surface area contributed by atoms with Gasteiger partial charge in [-0.15, -0.1) is 0 Å². The quantitative estimate of drug-likeness (QED) is 0.841. The molecule has 0 radical (unpaired) electrons. The lowest BCUT2D eigenvalue weighted by atomic mass is 10.2. The molecule has 18 heavy (non-hydrogen) atoms. The van der Waals surface area contributed by atoms with Gasteiger partial charge in [0.25, 0.3) is 0 Å². The van der Waals surface area contributed by atoms with E-state index in [0.717, 1.165) is 24.3 Å². The van der Waals surface area contributed by atoms with Gasteiger partial charge in [-0.1, -0.05) is 13.8 Å². The smallest absolute Gasteiger partial charge is 0.122 e. The van der Waals surface area contributed by atoms with Crippen LogP contribution in [0.1, 0.15) is 56.6 Å². The fourth-order valence-electron chi connectivity index (χ4n) is 3.02. The maximum atomic E-state index is 6.07. The van der Waals surface area contributed by atoms with Gasteiger partial charge >= 0.3 is 0 Å². The number of nitrogens with zero attached hydrogens (tertiary/aromatic N) is 1. The topological polar surface area (TPSA) is 42.4 Å². The summed E-state index contributed by atoms with van der Waals surface area (Å²) in [7, 11) is 0. The molecule has 0 saturated heterocycles. The zero-order chi connectivity index (χ0) is 12.7. The number of likely N-dealkylation sites (N-methyl/N-ethyl adjacent to an activating group) is 1. The monoisotopic (exact) mass is 248 g/mol. The van der Waals surface area contributed by atoms with E-state index in [1.54, 1.807) is 0 Å². The summed E-state index contributed by atoms with van der Waals surface area (Å²) in [5.74, 6) is 3.70. The first kappa shape index (κ1) is 12.2. The molecule has 0 spiro atoms. The predicted molar refractivity (Wildman–Crippen MR) is 72.4 cm³/mol. The van der Waals surface area contributed by atoms with Gasteiger partial charge in [0, 0.05) is 18.5 Å². The van der Waals surface area contributed by atoms with E-state index in [9.17, 15) is 0 Å². The fraction of sp³-hybridized carbons (Fsp3) is 0.733. The van der Waals surface area contributed by atoms with Crippen molar-refractivity contribution in [1.29, 1.82) is 0 Å². The Hall–Kier alpha value is -0.800. The number of furan rings is 1. The Balaban J connectivity index is 1.75. The van der Waals surface area contributed by atoms with Crippen LogP contribution in [0.4, 0.5) is 0 Å². The zero-order valence-corrected chi connectivity index (χ0v) is 11.4. The molecular weight excluding hydrogens is 224 g/mol. The largest absolute Gasteiger partial charge is 0.464 e. The summed E-state index contributed by atoms with van der Waals surface area (Å²) in [6.07, 6.45) is 3.91. The second-order valence-corrected chi connectivity index (χ2v) is 5.87. The van der Waals surface area contributed by atoms with Crippen molar-refractivity contribution in [3.05, 3.63) is 23.7 Å². The van der Waals surface area contributed by atoms with Gasteiger partial charge in [0.1, 0.15) is 11.5 Å². The average molecular weight is 248 g/mol. The van der Waals surface area contributed by atoms with Crippen molar-refractivity contribution in [3.63, 3.8) is 0 Å². The highest BCUT2D eigenvalue weighted by molar-refractivity contribution is 5.20. The maximum Gasteiger partial charge on any atom is 0.122 e. The average Bonchev–Trinajstić information content (AvgIpc) is 3.28. The Bertz CT molecular complexity index is 410. The van der Waals surface area contributed by atoms with E-state index in [1.807, 2.05) is 0 Å². The van der Waals surface area contributed by atoms with Crippen LogP contribution >= 0.6 is 0 Å². The zero-order valence-electron chi connectivity index (χ0n) is 11.4. The molecule has 1 aromatic rings. The molecule has 2 fully saturated rings. The molecular formula is C15H24N2O. The normalized spacial score (nSPS) is 28.7. The summed E-state index contributed by atoms with van der Waals surface area (Å²) in [6.45, 7) is 6.21. The van der Waals surface area contributed by atoms with Crippen molar-refractivity contribution in [2.24, 2.45) is 11.7 Å². The molecule has 3 heteroatoms. The minimum Gasteiger partial charge on any atom is -0.464 e. The van der Waals surface area contributed by atoms with E-state index in [-0.39, 0.29) is 6.04 Å². The van der Waals surface area contributed by atoms with Gasteiger partial charge in [0.05, 0.1) is 6.04 Å². The first-order chi connectivity index (χ1) is 8.74. The molecule has 0 bridgehead atoms. The lowest BCUT2D eigenvalue weighted by molar-refractivity contribution is 0.177. The molecule has 2 aliphatic carbocycles. The van der Waals surface area contributed by atoms with E-state index in [0.29, 0.717) is 12.5 Å². The van der Waals surface area contributed by atoms with E-state index in [1.165, 1.54) is 25.0 Å². The summed E-state index contributed by atoms with van der Waals surface area (Å²) in [6, 6.07) is 5.30. The third kappa shape index (κ3) is 2.21. The van der Waals surface area contributed by atoms with E-state index in [4.69, 9.17) is 10.2 Å². The van der Waals surface area contributed by atoms with E-state index >= 15 is 0 Å². The Morgan fingerprint density at radius 3 is 2.67 bits per heavy atom. The van der Waals surface area contributed by atoms with Crippen molar-refractivity contribution < 1.29 is 4.42 Å². The summed E-state index contributed by atoms with van der Waals surface area (Å²) in [4.78, 5) is 2.50. The molecule has 0 aromatic carbocycles. The molecule has 2 N–H and O–H groups in total. The molecule has 100 valence electrons. The summed E-state index contributed by atoms with van der Waals surface area (Å²) in [5, 5.41) is 0. The van der Waals surface area contributed by atoms with Gasteiger partial charge in [0.2, 0.25) is 0 Å². The Morgan fingerprint density at radius 2 is 2.17 bits per heavy atom. The molecule has 3 atom stereocenters. The van der Waals surface area contributed by atoms with Gasteiger partial charge < -0.3 is 10.2 Å². The lowest BCUT2D eigenvalue weighted by Gasteiger charge is -2.28. The van der Waals surface area contributed by atoms with Crippen molar-refractivity contribution in [1.82, 2.24) is 4.90 Å². The van der Waals surface area contributed by atoms with Crippen LogP contribution in [0.3, 0.4) is 0 Å². The maximum absolute atomic E-state index is 6.07. The highest BCUT2D eigenvalue weighted by Crippen LogP contribution is 2.48. The van der Waals surface area contributed by atoms with Crippen LogP contribution in [0.25, 0.3) is 0 Å². The summed E-state index contributed by atoms with van der Waals surface area (Å²) in [5.41, 5.74) is 5.97. The first-order valence-corrected chi connectivity index (χ1v) is 7.30. The van der Waals surface area contributed by atoms with Gasteiger partial charge in [-0.25, -0.2) is 0 Å². The van der Waals surface area contributed by atoms with Crippen LogP contribution in [-0.2, 0) is 0 Å². The number of hydrogen-bond acceptors (Lipinski definition) is 3. The number of rotatable bonds is 6. The van der Waals surface area contributed by atoms with E-state index in [2.05, 4.69) is 30.9 Å². The highest BCUT2D eigenvalue weighted by atomic mass is 16.3. The number of nitrogens with two attached hydrogens (primary N) is 1. The summed E-state index contributed by atoms with van der Waals surface area (Å²) >= 11 is 0. The minimum atomic E-state index is 0.269. The SMILES string of the molecule is CCN(C1CC1)C(CN)c1ccc(C2CC2C)o1. The van der Waals surface area contributed by atoms with Gasteiger partial charge in [-0.05, 0) is 43.9 Å². The van der Waals surface area contributed by atoms with Crippen LogP contribution in [0.15, 0.2) is 16.5 Å². The van der Waals surface area contributed by atoms with Crippen LogP contribution in [-0.4, -0.2) is 24.0 Å². The molecule has 2 saturated carbocycles. The molecule has 3 rings (SSSR count). The van der Waals surface area contributed by atoms with Crippen LogP contribution < -0.4 is 5.73 Å². The molecule has 0 amide bonds. The third-order valence-corrected chi connectivity index (χ3v) is 4.46. The molecule has 1 aromatic heterocycles. The molecule has 2 aliphatic rings. The van der Waals surface area contributed by atoms with Crippen LogP contribution in [0, 0.1) is 5.92 Å². The predicted octanol–water partition coefficient (Wildman–Crippen LogP) is 2.89. The molecule has 1 heterocycles. The Morgan fingerprint density at radius 1 is 1.44 bits per heavy atom. The Labute approximate surface area is 109 Å². The third-order valence-electron chi connectivity index (χ3n) is 4.46. The molecule has 3 unspecified atom stereocenters.